The maximum Gasteiger partial charge on any atom is 0.0463 e. The van der Waals surface area contributed by atoms with Crippen molar-refractivity contribution in [2.45, 2.75) is 121 Å². The number of benzene rings is 3. The van der Waals surface area contributed by atoms with Crippen molar-refractivity contribution in [3.8, 4) is 0 Å². The lowest BCUT2D eigenvalue weighted by atomic mass is 9.67. The van der Waals surface area contributed by atoms with Gasteiger partial charge in [0.05, 0.1) is 0 Å². The van der Waals surface area contributed by atoms with Gasteiger partial charge in [-0.05, 0) is 42.6 Å². The van der Waals surface area contributed by atoms with E-state index < -0.39 is 0 Å². The van der Waals surface area contributed by atoms with Gasteiger partial charge in [-0.25, -0.2) is 0 Å². The predicted octanol–water partition coefficient (Wildman–Crippen LogP) is 11.3. The smallest absolute Gasteiger partial charge is 0.0463 e. The van der Waals surface area contributed by atoms with Crippen LogP contribution in [0.15, 0.2) is 91.0 Å². The Morgan fingerprint density at radius 2 is 0.725 bits per heavy atom. The summed E-state index contributed by atoms with van der Waals surface area (Å²) in [7, 11) is 0. The summed E-state index contributed by atoms with van der Waals surface area (Å²) in [5, 5.41) is 3.80. The fraction of sp³-hybridized carbons (Fsp3) is 0.538. The molecule has 0 unspecified atom stereocenters. The summed E-state index contributed by atoms with van der Waals surface area (Å²) in [6, 6.07) is 33.3. The minimum absolute atomic E-state index is 0.147. The molecule has 3 aromatic carbocycles. The zero-order chi connectivity index (χ0) is 28.0. The molecular formula is C39H57N. The van der Waals surface area contributed by atoms with Gasteiger partial charge in [-0.15, -0.1) is 0 Å². The number of hydrogen-bond donors (Lipinski definition) is 1. The highest BCUT2D eigenvalue weighted by Gasteiger charge is 2.35. The second-order valence-corrected chi connectivity index (χ2v) is 11.8. The molecule has 1 nitrogen and oxygen atoms in total. The quantitative estimate of drug-likeness (QED) is 0.0933. The van der Waals surface area contributed by atoms with Crippen LogP contribution in [0.1, 0.15) is 133 Å². The van der Waals surface area contributed by atoms with Crippen molar-refractivity contribution in [3.63, 3.8) is 0 Å². The molecule has 3 rings (SSSR count). The van der Waals surface area contributed by atoms with Crippen molar-refractivity contribution in [2.75, 3.05) is 13.1 Å². The van der Waals surface area contributed by atoms with Crippen molar-refractivity contribution in [2.24, 2.45) is 0 Å². The lowest BCUT2D eigenvalue weighted by molar-refractivity contribution is 0.501. The molecule has 218 valence electrons. The SMILES string of the molecule is CCCCCCCCCCCCCCCCCCNCCC(c1ccccc1)(c1ccccc1)c1ccccc1. The summed E-state index contributed by atoms with van der Waals surface area (Å²) in [6.07, 6.45) is 23.8. The van der Waals surface area contributed by atoms with Crippen LogP contribution in [0.3, 0.4) is 0 Å². The largest absolute Gasteiger partial charge is 0.317 e. The van der Waals surface area contributed by atoms with Gasteiger partial charge in [-0.1, -0.05) is 194 Å². The molecule has 0 aromatic heterocycles. The van der Waals surface area contributed by atoms with Gasteiger partial charge in [-0.3, -0.25) is 0 Å². The number of rotatable bonds is 23. The van der Waals surface area contributed by atoms with Gasteiger partial charge in [-0.2, -0.15) is 0 Å². The van der Waals surface area contributed by atoms with Gasteiger partial charge < -0.3 is 5.32 Å². The third kappa shape index (κ3) is 11.2. The van der Waals surface area contributed by atoms with Crippen LogP contribution in [-0.2, 0) is 5.41 Å². The number of nitrogens with one attached hydrogen (secondary N) is 1. The van der Waals surface area contributed by atoms with Crippen LogP contribution in [-0.4, -0.2) is 13.1 Å². The molecule has 0 aliphatic rings. The maximum absolute atomic E-state index is 3.80. The molecule has 0 spiro atoms. The monoisotopic (exact) mass is 539 g/mol. The number of unbranched alkanes of at least 4 members (excludes halogenated alkanes) is 15. The summed E-state index contributed by atoms with van der Waals surface area (Å²) in [5.74, 6) is 0. The molecule has 0 atom stereocenters. The Labute approximate surface area is 247 Å². The molecule has 0 amide bonds. The summed E-state index contributed by atoms with van der Waals surface area (Å²) < 4.78 is 0. The van der Waals surface area contributed by atoms with E-state index in [1.807, 2.05) is 0 Å². The zero-order valence-corrected chi connectivity index (χ0v) is 25.6. The predicted molar refractivity (Wildman–Crippen MR) is 176 cm³/mol. The van der Waals surface area contributed by atoms with Crippen molar-refractivity contribution in [1.82, 2.24) is 5.32 Å². The third-order valence-electron chi connectivity index (χ3n) is 8.68. The minimum Gasteiger partial charge on any atom is -0.317 e. The van der Waals surface area contributed by atoms with E-state index in [1.165, 1.54) is 119 Å². The van der Waals surface area contributed by atoms with Gasteiger partial charge in [0.2, 0.25) is 0 Å². The first kappa shape index (κ1) is 32.1. The van der Waals surface area contributed by atoms with E-state index in [9.17, 15) is 0 Å². The van der Waals surface area contributed by atoms with Crippen LogP contribution < -0.4 is 5.32 Å². The Balaban J connectivity index is 1.31. The first-order chi connectivity index (χ1) is 19.9. The van der Waals surface area contributed by atoms with Crippen LogP contribution in [0.2, 0.25) is 0 Å². The Kier molecular flexibility index (Phi) is 16.5. The minimum atomic E-state index is -0.147. The molecule has 0 saturated carbocycles. The molecule has 0 heterocycles. The molecule has 1 heteroatoms. The topological polar surface area (TPSA) is 12.0 Å². The second-order valence-electron chi connectivity index (χ2n) is 11.8. The highest BCUT2D eigenvalue weighted by molar-refractivity contribution is 5.50. The first-order valence-electron chi connectivity index (χ1n) is 16.7. The lowest BCUT2D eigenvalue weighted by Gasteiger charge is -2.36. The standard InChI is InChI=1S/C39H57N/c1-2-3-4-5-6-7-8-9-10-11-12-13-14-15-16-26-34-40-35-33-39(36-27-20-17-21-28-36,37-29-22-18-23-30-37)38-31-24-19-25-32-38/h17-25,27-32,40H,2-16,26,33-35H2,1H3. The van der Waals surface area contributed by atoms with Crippen molar-refractivity contribution in [3.05, 3.63) is 108 Å². The maximum atomic E-state index is 3.80. The fourth-order valence-corrected chi connectivity index (χ4v) is 6.30. The van der Waals surface area contributed by atoms with Crippen LogP contribution in [0, 0.1) is 0 Å². The molecule has 0 aliphatic carbocycles. The van der Waals surface area contributed by atoms with Gasteiger partial charge in [0, 0.05) is 5.41 Å². The molecule has 0 fully saturated rings. The van der Waals surface area contributed by atoms with Crippen LogP contribution in [0.4, 0.5) is 0 Å². The van der Waals surface area contributed by atoms with Crippen molar-refractivity contribution in [1.29, 1.82) is 0 Å². The highest BCUT2D eigenvalue weighted by Crippen LogP contribution is 2.41. The molecule has 0 radical (unpaired) electrons. The van der Waals surface area contributed by atoms with Gasteiger partial charge >= 0.3 is 0 Å². The Bertz CT molecular complexity index is 869. The Hall–Kier alpha value is -2.38. The average Bonchev–Trinajstić information content (AvgIpc) is 3.01. The molecule has 3 aromatic rings. The van der Waals surface area contributed by atoms with E-state index in [-0.39, 0.29) is 5.41 Å². The summed E-state index contributed by atoms with van der Waals surface area (Å²) in [4.78, 5) is 0. The lowest BCUT2D eigenvalue weighted by Crippen LogP contribution is -2.34. The molecule has 0 aliphatic heterocycles. The molecule has 1 N–H and O–H groups in total. The van der Waals surface area contributed by atoms with Gasteiger partial charge in [0.15, 0.2) is 0 Å². The van der Waals surface area contributed by atoms with Crippen LogP contribution in [0.5, 0.6) is 0 Å². The van der Waals surface area contributed by atoms with E-state index >= 15 is 0 Å². The first-order valence-corrected chi connectivity index (χ1v) is 16.7. The second kappa shape index (κ2) is 20.5. The van der Waals surface area contributed by atoms with Crippen LogP contribution in [0.25, 0.3) is 0 Å². The normalized spacial score (nSPS) is 11.6. The summed E-state index contributed by atoms with van der Waals surface area (Å²) >= 11 is 0. The van der Waals surface area contributed by atoms with E-state index in [0.717, 1.165) is 19.5 Å². The van der Waals surface area contributed by atoms with Crippen molar-refractivity contribution < 1.29 is 0 Å². The average molecular weight is 540 g/mol. The van der Waals surface area contributed by atoms with Crippen molar-refractivity contribution >= 4 is 0 Å². The van der Waals surface area contributed by atoms with Gasteiger partial charge in [0.25, 0.3) is 0 Å². The van der Waals surface area contributed by atoms with Crippen LogP contribution >= 0.6 is 0 Å². The molecule has 0 bridgehead atoms. The molecule has 40 heavy (non-hydrogen) atoms. The molecular weight excluding hydrogens is 482 g/mol. The van der Waals surface area contributed by atoms with E-state index in [4.69, 9.17) is 0 Å². The molecule has 0 saturated heterocycles. The zero-order valence-electron chi connectivity index (χ0n) is 25.6. The van der Waals surface area contributed by atoms with Gasteiger partial charge in [0.1, 0.15) is 0 Å². The number of hydrogen-bond acceptors (Lipinski definition) is 1. The fourth-order valence-electron chi connectivity index (χ4n) is 6.30. The summed E-state index contributed by atoms with van der Waals surface area (Å²) in [5.41, 5.74) is 3.97. The Morgan fingerprint density at radius 3 is 1.07 bits per heavy atom. The third-order valence-corrected chi connectivity index (χ3v) is 8.68. The highest BCUT2D eigenvalue weighted by atomic mass is 14.8. The van der Waals surface area contributed by atoms with E-state index in [1.54, 1.807) is 0 Å². The Morgan fingerprint density at radius 1 is 0.400 bits per heavy atom. The summed E-state index contributed by atoms with van der Waals surface area (Å²) in [6.45, 7) is 4.43. The van der Waals surface area contributed by atoms with E-state index in [0.29, 0.717) is 0 Å². The van der Waals surface area contributed by atoms with E-state index in [2.05, 4.69) is 103 Å².